The third-order valence-corrected chi connectivity index (χ3v) is 4.55. The van der Waals surface area contributed by atoms with Gasteiger partial charge >= 0.3 is 0 Å². The molecule has 2 aromatic rings. The maximum Gasteiger partial charge on any atom is 0.252 e. The van der Waals surface area contributed by atoms with Gasteiger partial charge in [0.15, 0.2) is 0 Å². The van der Waals surface area contributed by atoms with Crippen LogP contribution in [-0.2, 0) is 0 Å². The number of rotatable bonds is 6. The molecule has 3 nitrogen and oxygen atoms in total. The standard InChI is InChI=1S/C17H15Cl5N2O/c18-14(19)13(11-7-3-1-4-8-11)23-16(17(20,21)22)24-15(25)12-9-5-2-6-10-12/h1-10,13-14,16,23H,(H,24,25)/t13-,16+/m1/s1. The van der Waals surface area contributed by atoms with Crippen LogP contribution in [0.3, 0.4) is 0 Å². The zero-order chi connectivity index (χ0) is 18.4. The zero-order valence-electron chi connectivity index (χ0n) is 12.8. The number of carbonyl (C=O) groups is 1. The van der Waals surface area contributed by atoms with Crippen molar-refractivity contribution in [2.45, 2.75) is 20.8 Å². The lowest BCUT2D eigenvalue weighted by molar-refractivity contribution is 0.0926. The Morgan fingerprint density at radius 1 is 0.880 bits per heavy atom. The largest absolute Gasteiger partial charge is 0.333 e. The number of alkyl halides is 5. The minimum absolute atomic E-state index is 0.392. The summed E-state index contributed by atoms with van der Waals surface area (Å²) in [4.78, 5) is 11.6. The number of halogens is 5. The van der Waals surface area contributed by atoms with Crippen LogP contribution in [0.25, 0.3) is 0 Å². The summed E-state index contributed by atoms with van der Waals surface area (Å²) in [6.07, 6.45) is -1.02. The Morgan fingerprint density at radius 2 is 1.40 bits per heavy atom. The second-order valence-corrected chi connectivity index (χ2v) is 8.74. The molecule has 8 heteroatoms. The monoisotopic (exact) mass is 438 g/mol. The minimum Gasteiger partial charge on any atom is -0.333 e. The molecule has 0 unspecified atom stereocenters. The van der Waals surface area contributed by atoms with Crippen molar-refractivity contribution < 1.29 is 4.79 Å². The first kappa shape index (κ1) is 20.6. The van der Waals surface area contributed by atoms with Gasteiger partial charge in [-0.25, -0.2) is 0 Å². The van der Waals surface area contributed by atoms with Crippen molar-refractivity contribution in [2.75, 3.05) is 0 Å². The highest BCUT2D eigenvalue weighted by Gasteiger charge is 2.37. The maximum absolute atomic E-state index is 12.4. The molecule has 2 N–H and O–H groups in total. The second kappa shape index (κ2) is 9.31. The molecular formula is C17H15Cl5N2O. The number of benzene rings is 2. The summed E-state index contributed by atoms with van der Waals surface area (Å²) in [5.41, 5.74) is 1.24. The van der Waals surface area contributed by atoms with Crippen molar-refractivity contribution in [3.63, 3.8) is 0 Å². The number of hydrogen-bond donors (Lipinski definition) is 2. The number of nitrogens with one attached hydrogen (secondary N) is 2. The first-order valence-electron chi connectivity index (χ1n) is 7.31. The molecular weight excluding hydrogens is 425 g/mol. The first-order valence-corrected chi connectivity index (χ1v) is 9.31. The predicted molar refractivity (Wildman–Crippen MR) is 106 cm³/mol. The van der Waals surface area contributed by atoms with E-state index in [4.69, 9.17) is 58.0 Å². The van der Waals surface area contributed by atoms with E-state index in [1.165, 1.54) is 0 Å². The topological polar surface area (TPSA) is 41.1 Å². The normalized spacial score (nSPS) is 14.2. The lowest BCUT2D eigenvalue weighted by Gasteiger charge is -2.31. The SMILES string of the molecule is O=C(N[C@H](N[C@H](c1ccccc1)C(Cl)Cl)C(Cl)(Cl)Cl)c1ccccc1. The molecule has 25 heavy (non-hydrogen) atoms. The van der Waals surface area contributed by atoms with E-state index in [-0.39, 0.29) is 0 Å². The molecule has 0 bridgehead atoms. The quantitative estimate of drug-likeness (QED) is 0.476. The van der Waals surface area contributed by atoms with Gasteiger partial charge in [0.1, 0.15) is 11.0 Å². The van der Waals surface area contributed by atoms with Gasteiger partial charge in [-0.05, 0) is 17.7 Å². The van der Waals surface area contributed by atoms with Gasteiger partial charge in [-0.2, -0.15) is 0 Å². The van der Waals surface area contributed by atoms with E-state index >= 15 is 0 Å². The van der Waals surface area contributed by atoms with Crippen LogP contribution >= 0.6 is 58.0 Å². The average Bonchev–Trinajstić information content (AvgIpc) is 2.58. The summed E-state index contributed by atoms with van der Waals surface area (Å²) in [6.45, 7) is 0. The Balaban J connectivity index is 2.21. The van der Waals surface area contributed by atoms with Crippen molar-refractivity contribution in [3.8, 4) is 0 Å². The van der Waals surface area contributed by atoms with Gasteiger partial charge in [0.05, 0.1) is 6.04 Å². The summed E-state index contributed by atoms with van der Waals surface area (Å²) in [5, 5.41) is 5.68. The molecule has 0 spiro atoms. The van der Waals surface area contributed by atoms with Crippen LogP contribution in [0.4, 0.5) is 0 Å². The number of amides is 1. The lowest BCUT2D eigenvalue weighted by atomic mass is 10.1. The van der Waals surface area contributed by atoms with E-state index in [1.807, 2.05) is 30.3 Å². The van der Waals surface area contributed by atoms with Crippen LogP contribution in [0.1, 0.15) is 22.0 Å². The fourth-order valence-corrected chi connectivity index (χ4v) is 2.97. The van der Waals surface area contributed by atoms with Crippen LogP contribution in [0.5, 0.6) is 0 Å². The van der Waals surface area contributed by atoms with Crippen LogP contribution in [0.15, 0.2) is 60.7 Å². The molecule has 0 aromatic heterocycles. The average molecular weight is 441 g/mol. The van der Waals surface area contributed by atoms with Gasteiger partial charge in [0.25, 0.3) is 5.91 Å². The van der Waals surface area contributed by atoms with E-state index in [9.17, 15) is 4.79 Å². The third kappa shape index (κ3) is 6.21. The molecule has 2 aromatic carbocycles. The first-order chi connectivity index (χ1) is 11.8. The fourth-order valence-electron chi connectivity index (χ4n) is 2.18. The summed E-state index contributed by atoms with van der Waals surface area (Å²) >= 11 is 30.3. The van der Waals surface area contributed by atoms with E-state index in [0.717, 1.165) is 5.56 Å². The Labute approximate surface area is 171 Å². The third-order valence-electron chi connectivity index (χ3n) is 3.40. The summed E-state index contributed by atoms with van der Waals surface area (Å²) in [6, 6.07) is 17.3. The van der Waals surface area contributed by atoms with Gasteiger partial charge in [-0.3, -0.25) is 10.1 Å². The van der Waals surface area contributed by atoms with Gasteiger partial charge in [0, 0.05) is 5.56 Å². The van der Waals surface area contributed by atoms with E-state index in [2.05, 4.69) is 10.6 Å². The zero-order valence-corrected chi connectivity index (χ0v) is 16.6. The molecule has 0 aliphatic heterocycles. The highest BCUT2D eigenvalue weighted by molar-refractivity contribution is 6.68. The molecule has 134 valence electrons. The Morgan fingerprint density at radius 3 is 1.88 bits per heavy atom. The minimum atomic E-state index is -1.82. The lowest BCUT2D eigenvalue weighted by Crippen LogP contribution is -2.55. The van der Waals surface area contributed by atoms with E-state index in [1.54, 1.807) is 30.3 Å². The highest BCUT2D eigenvalue weighted by Crippen LogP contribution is 2.33. The van der Waals surface area contributed by atoms with Gasteiger partial charge < -0.3 is 5.32 Å². The predicted octanol–water partition coefficient (Wildman–Crippen LogP) is 5.25. The smallest absolute Gasteiger partial charge is 0.252 e. The number of carbonyl (C=O) groups excluding carboxylic acids is 1. The van der Waals surface area contributed by atoms with Crippen molar-refractivity contribution in [3.05, 3.63) is 71.8 Å². The molecule has 0 heterocycles. The van der Waals surface area contributed by atoms with Crippen molar-refractivity contribution in [2.24, 2.45) is 0 Å². The summed E-state index contributed by atoms with van der Waals surface area (Å²) in [5.74, 6) is -0.392. The van der Waals surface area contributed by atoms with Crippen molar-refractivity contribution in [1.82, 2.24) is 10.6 Å². The molecule has 2 rings (SSSR count). The molecule has 0 fully saturated rings. The van der Waals surface area contributed by atoms with Crippen LogP contribution in [0, 0.1) is 0 Å². The molecule has 0 aliphatic carbocycles. The maximum atomic E-state index is 12.4. The Hall–Kier alpha value is -0.680. The highest BCUT2D eigenvalue weighted by atomic mass is 35.6. The van der Waals surface area contributed by atoms with Gasteiger partial charge in [0.2, 0.25) is 3.79 Å². The van der Waals surface area contributed by atoms with Crippen molar-refractivity contribution in [1.29, 1.82) is 0 Å². The molecule has 0 aliphatic rings. The van der Waals surface area contributed by atoms with Crippen LogP contribution in [0.2, 0.25) is 0 Å². The molecule has 0 saturated heterocycles. The Kier molecular flexibility index (Phi) is 7.68. The van der Waals surface area contributed by atoms with Crippen molar-refractivity contribution >= 4 is 63.9 Å². The summed E-state index contributed by atoms with van der Waals surface area (Å²) < 4.78 is -1.82. The summed E-state index contributed by atoms with van der Waals surface area (Å²) in [7, 11) is 0. The van der Waals surface area contributed by atoms with Gasteiger partial charge in [-0.1, -0.05) is 83.3 Å². The van der Waals surface area contributed by atoms with Gasteiger partial charge in [-0.15, -0.1) is 23.2 Å². The second-order valence-electron chi connectivity index (χ2n) is 5.20. The fraction of sp³-hybridized carbons (Fsp3) is 0.235. The molecule has 2 atom stereocenters. The molecule has 0 radical (unpaired) electrons. The van der Waals surface area contributed by atoms with Crippen LogP contribution in [-0.4, -0.2) is 20.7 Å². The van der Waals surface area contributed by atoms with E-state index < -0.39 is 26.7 Å². The molecule has 1 amide bonds. The molecule has 0 saturated carbocycles. The number of hydrogen-bond acceptors (Lipinski definition) is 2. The Bertz CT molecular complexity index is 676. The van der Waals surface area contributed by atoms with Crippen LogP contribution < -0.4 is 10.6 Å². The van der Waals surface area contributed by atoms with E-state index in [0.29, 0.717) is 5.56 Å².